The number of ether oxygens (including phenoxy) is 1. The zero-order valence-electron chi connectivity index (χ0n) is 14.2. The molecule has 0 radical (unpaired) electrons. The number of carbonyl (C=O) groups is 1. The smallest absolute Gasteiger partial charge is 0.261 e. The Morgan fingerprint density at radius 1 is 1.23 bits per heavy atom. The minimum atomic E-state index is -0.402. The van der Waals surface area contributed by atoms with E-state index >= 15 is 0 Å². The van der Waals surface area contributed by atoms with Gasteiger partial charge in [0.2, 0.25) is 0 Å². The predicted octanol–water partition coefficient (Wildman–Crippen LogP) is 4.03. The van der Waals surface area contributed by atoms with Gasteiger partial charge in [0.1, 0.15) is 5.75 Å². The second-order valence-corrected chi connectivity index (χ2v) is 6.35. The summed E-state index contributed by atoms with van der Waals surface area (Å²) in [5.41, 5.74) is 2.83. The van der Waals surface area contributed by atoms with Gasteiger partial charge >= 0.3 is 0 Å². The van der Waals surface area contributed by atoms with E-state index in [0.717, 1.165) is 25.0 Å². The second-order valence-electron chi connectivity index (χ2n) is 6.35. The van der Waals surface area contributed by atoms with E-state index in [0.29, 0.717) is 6.42 Å². The molecule has 1 aromatic carbocycles. The van der Waals surface area contributed by atoms with Crippen LogP contribution in [-0.2, 0) is 17.6 Å². The number of hydrogen-bond donors (Lipinski definition) is 1. The van der Waals surface area contributed by atoms with Crippen LogP contribution in [0.5, 0.6) is 5.75 Å². The van der Waals surface area contributed by atoms with Crippen molar-refractivity contribution in [3.05, 3.63) is 29.3 Å². The van der Waals surface area contributed by atoms with E-state index in [1.54, 1.807) is 0 Å². The van der Waals surface area contributed by atoms with Crippen molar-refractivity contribution in [3.8, 4) is 5.75 Å². The Balaban J connectivity index is 1.99. The maximum absolute atomic E-state index is 12.3. The number of aryl methyl sites for hydroxylation is 2. The van der Waals surface area contributed by atoms with Crippen molar-refractivity contribution in [1.82, 2.24) is 5.32 Å². The van der Waals surface area contributed by atoms with E-state index in [-0.39, 0.29) is 11.9 Å². The first-order valence-electron chi connectivity index (χ1n) is 8.72. The van der Waals surface area contributed by atoms with E-state index in [4.69, 9.17) is 4.74 Å². The standard InChI is InChI=1S/C19H29NO2/c1-4-8-14(3)20-19(21)18(5-2)22-17-12-11-15-9-6-7-10-16(15)13-17/h11-14,18H,4-10H2,1-3H3,(H,20,21)/t14-,18-/m0/s1. The summed E-state index contributed by atoms with van der Waals surface area (Å²) >= 11 is 0. The van der Waals surface area contributed by atoms with Crippen LogP contribution in [0, 0.1) is 0 Å². The molecule has 122 valence electrons. The Bertz CT molecular complexity index is 498. The van der Waals surface area contributed by atoms with Crippen LogP contribution in [0.4, 0.5) is 0 Å². The van der Waals surface area contributed by atoms with Crippen molar-refractivity contribution >= 4 is 5.91 Å². The lowest BCUT2D eigenvalue weighted by atomic mass is 9.92. The fourth-order valence-corrected chi connectivity index (χ4v) is 3.11. The van der Waals surface area contributed by atoms with Gasteiger partial charge in [-0.05, 0) is 68.7 Å². The number of rotatable bonds is 7. The SMILES string of the molecule is CCC[C@H](C)NC(=O)[C@H](CC)Oc1ccc2c(c1)CCCC2. The van der Waals surface area contributed by atoms with Crippen molar-refractivity contribution < 1.29 is 9.53 Å². The van der Waals surface area contributed by atoms with Gasteiger partial charge in [0.25, 0.3) is 5.91 Å². The molecule has 1 amide bonds. The number of nitrogens with one attached hydrogen (secondary N) is 1. The van der Waals surface area contributed by atoms with Crippen LogP contribution in [0.1, 0.15) is 64.0 Å². The lowest BCUT2D eigenvalue weighted by Crippen LogP contribution is -2.42. The molecule has 0 saturated heterocycles. The Hall–Kier alpha value is -1.51. The van der Waals surface area contributed by atoms with Crippen molar-refractivity contribution in [2.75, 3.05) is 0 Å². The van der Waals surface area contributed by atoms with Crippen LogP contribution in [0.25, 0.3) is 0 Å². The van der Waals surface area contributed by atoms with Crippen LogP contribution < -0.4 is 10.1 Å². The van der Waals surface area contributed by atoms with E-state index < -0.39 is 6.10 Å². The Morgan fingerprint density at radius 3 is 2.64 bits per heavy atom. The van der Waals surface area contributed by atoms with Gasteiger partial charge < -0.3 is 10.1 Å². The Labute approximate surface area is 134 Å². The highest BCUT2D eigenvalue weighted by Crippen LogP contribution is 2.26. The quantitative estimate of drug-likeness (QED) is 0.826. The van der Waals surface area contributed by atoms with Gasteiger partial charge in [0, 0.05) is 6.04 Å². The molecule has 0 unspecified atom stereocenters. The molecule has 22 heavy (non-hydrogen) atoms. The van der Waals surface area contributed by atoms with E-state index in [2.05, 4.69) is 24.4 Å². The molecule has 0 heterocycles. The van der Waals surface area contributed by atoms with Gasteiger partial charge in [-0.1, -0.05) is 26.3 Å². The first kappa shape index (κ1) is 16.9. The summed E-state index contributed by atoms with van der Waals surface area (Å²) in [7, 11) is 0. The van der Waals surface area contributed by atoms with Gasteiger partial charge in [0.05, 0.1) is 0 Å². The summed E-state index contributed by atoms with van der Waals surface area (Å²) in [4.78, 5) is 12.3. The number of benzene rings is 1. The fraction of sp³-hybridized carbons (Fsp3) is 0.632. The highest BCUT2D eigenvalue weighted by molar-refractivity contribution is 5.81. The second kappa shape index (κ2) is 8.21. The first-order chi connectivity index (χ1) is 10.6. The summed E-state index contributed by atoms with van der Waals surface area (Å²) in [6.45, 7) is 6.17. The normalized spacial score (nSPS) is 16.5. The van der Waals surface area contributed by atoms with Gasteiger partial charge in [-0.25, -0.2) is 0 Å². The molecular formula is C19H29NO2. The average Bonchev–Trinajstić information content (AvgIpc) is 2.52. The van der Waals surface area contributed by atoms with Crippen LogP contribution >= 0.6 is 0 Å². The number of carbonyl (C=O) groups excluding carboxylic acids is 1. The minimum Gasteiger partial charge on any atom is -0.481 e. The van der Waals surface area contributed by atoms with Gasteiger partial charge in [-0.2, -0.15) is 0 Å². The zero-order chi connectivity index (χ0) is 15.9. The van der Waals surface area contributed by atoms with Crippen LogP contribution in [-0.4, -0.2) is 18.1 Å². The molecule has 3 heteroatoms. The van der Waals surface area contributed by atoms with Gasteiger partial charge in [-0.3, -0.25) is 4.79 Å². The molecule has 2 rings (SSSR count). The molecule has 0 saturated carbocycles. The van der Waals surface area contributed by atoms with E-state index in [9.17, 15) is 4.79 Å². The largest absolute Gasteiger partial charge is 0.481 e. The maximum Gasteiger partial charge on any atom is 0.261 e. The third-order valence-corrected chi connectivity index (χ3v) is 4.37. The van der Waals surface area contributed by atoms with Crippen LogP contribution in [0.3, 0.4) is 0 Å². The first-order valence-corrected chi connectivity index (χ1v) is 8.72. The summed E-state index contributed by atoms with van der Waals surface area (Å²) in [6.07, 6.45) is 7.18. The monoisotopic (exact) mass is 303 g/mol. The lowest BCUT2D eigenvalue weighted by molar-refractivity contribution is -0.128. The summed E-state index contributed by atoms with van der Waals surface area (Å²) in [5, 5.41) is 3.05. The van der Waals surface area contributed by atoms with Gasteiger partial charge in [0.15, 0.2) is 6.10 Å². The molecule has 2 atom stereocenters. The molecular weight excluding hydrogens is 274 g/mol. The maximum atomic E-state index is 12.3. The fourth-order valence-electron chi connectivity index (χ4n) is 3.11. The highest BCUT2D eigenvalue weighted by Gasteiger charge is 2.20. The number of amides is 1. The Kier molecular flexibility index (Phi) is 6.29. The lowest BCUT2D eigenvalue weighted by Gasteiger charge is -2.22. The molecule has 0 spiro atoms. The third kappa shape index (κ3) is 4.49. The molecule has 1 aliphatic carbocycles. The van der Waals surface area contributed by atoms with Crippen LogP contribution in [0.2, 0.25) is 0 Å². The average molecular weight is 303 g/mol. The molecule has 3 nitrogen and oxygen atoms in total. The molecule has 0 aromatic heterocycles. The third-order valence-electron chi connectivity index (χ3n) is 4.37. The van der Waals surface area contributed by atoms with Crippen LogP contribution in [0.15, 0.2) is 18.2 Å². The molecule has 1 N–H and O–H groups in total. The summed E-state index contributed by atoms with van der Waals surface area (Å²) in [5.74, 6) is 0.826. The van der Waals surface area contributed by atoms with E-state index in [1.807, 2.05) is 19.9 Å². The molecule has 0 fully saturated rings. The highest BCUT2D eigenvalue weighted by atomic mass is 16.5. The van der Waals surface area contributed by atoms with Gasteiger partial charge in [-0.15, -0.1) is 0 Å². The number of hydrogen-bond acceptors (Lipinski definition) is 2. The molecule has 0 aliphatic heterocycles. The molecule has 1 aromatic rings. The van der Waals surface area contributed by atoms with Crippen molar-refractivity contribution in [2.45, 2.75) is 77.9 Å². The topological polar surface area (TPSA) is 38.3 Å². The van der Waals surface area contributed by atoms with E-state index in [1.165, 1.54) is 30.4 Å². The zero-order valence-corrected chi connectivity index (χ0v) is 14.2. The van der Waals surface area contributed by atoms with Crippen molar-refractivity contribution in [1.29, 1.82) is 0 Å². The van der Waals surface area contributed by atoms with Crippen molar-refractivity contribution in [3.63, 3.8) is 0 Å². The van der Waals surface area contributed by atoms with Crippen molar-refractivity contribution in [2.24, 2.45) is 0 Å². The Morgan fingerprint density at radius 2 is 1.95 bits per heavy atom. The summed E-state index contributed by atoms with van der Waals surface area (Å²) in [6, 6.07) is 6.50. The molecule has 1 aliphatic rings. The predicted molar refractivity (Wildman–Crippen MR) is 90.3 cm³/mol. The summed E-state index contributed by atoms with van der Waals surface area (Å²) < 4.78 is 5.96. The molecule has 0 bridgehead atoms. The minimum absolute atomic E-state index is 0.00108. The number of fused-ring (bicyclic) bond motifs is 1.